The Bertz CT molecular complexity index is 259. The van der Waals surface area contributed by atoms with Gasteiger partial charge < -0.3 is 10.6 Å². The van der Waals surface area contributed by atoms with Crippen molar-refractivity contribution in [3.8, 4) is 0 Å². The summed E-state index contributed by atoms with van der Waals surface area (Å²) in [5.74, 6) is 0.289. The Morgan fingerprint density at radius 2 is 2.05 bits per heavy atom. The predicted molar refractivity (Wildman–Crippen MR) is 81.2 cm³/mol. The molecule has 1 fully saturated rings. The maximum absolute atomic E-state index is 12.6. The summed E-state index contributed by atoms with van der Waals surface area (Å²) in [7, 11) is 0. The minimum atomic E-state index is -0.156. The van der Waals surface area contributed by atoms with E-state index in [1.54, 1.807) is 0 Å². The molecule has 112 valence electrons. The number of carbonyl (C=O) groups is 1. The normalized spacial score (nSPS) is 25.0. The van der Waals surface area contributed by atoms with E-state index in [1.807, 2.05) is 0 Å². The highest BCUT2D eigenvalue weighted by Crippen LogP contribution is 2.30. The average molecular weight is 268 g/mol. The van der Waals surface area contributed by atoms with Crippen LogP contribution in [0.2, 0.25) is 0 Å². The number of amides is 1. The summed E-state index contributed by atoms with van der Waals surface area (Å²) in [4.78, 5) is 12.6. The molecule has 0 bridgehead atoms. The van der Waals surface area contributed by atoms with Crippen molar-refractivity contribution in [3.05, 3.63) is 0 Å². The molecule has 0 aromatic rings. The van der Waals surface area contributed by atoms with Crippen LogP contribution < -0.4 is 10.6 Å². The molecule has 2 N–H and O–H groups in total. The van der Waals surface area contributed by atoms with Gasteiger partial charge in [-0.05, 0) is 38.6 Å². The zero-order valence-electron chi connectivity index (χ0n) is 13.1. The van der Waals surface area contributed by atoms with E-state index >= 15 is 0 Å². The first-order chi connectivity index (χ1) is 9.18. The molecule has 1 heterocycles. The van der Waals surface area contributed by atoms with Crippen molar-refractivity contribution >= 4 is 5.91 Å². The number of piperidine rings is 1. The minimum Gasteiger partial charge on any atom is -0.353 e. The van der Waals surface area contributed by atoms with Crippen molar-refractivity contribution in [3.63, 3.8) is 0 Å². The molecule has 1 amide bonds. The smallest absolute Gasteiger partial charge is 0.227 e. The first kappa shape index (κ1) is 16.5. The van der Waals surface area contributed by atoms with Crippen LogP contribution >= 0.6 is 0 Å². The summed E-state index contributed by atoms with van der Waals surface area (Å²) < 4.78 is 0. The monoisotopic (exact) mass is 268 g/mol. The zero-order valence-corrected chi connectivity index (χ0v) is 13.1. The Hall–Kier alpha value is -0.570. The quantitative estimate of drug-likeness (QED) is 0.709. The lowest BCUT2D eigenvalue weighted by Crippen LogP contribution is -2.52. The van der Waals surface area contributed by atoms with Crippen molar-refractivity contribution in [2.45, 2.75) is 78.2 Å². The van der Waals surface area contributed by atoms with E-state index in [-0.39, 0.29) is 11.3 Å². The molecule has 0 aromatic carbocycles. The van der Waals surface area contributed by atoms with E-state index in [0.29, 0.717) is 6.04 Å². The standard InChI is InChI=1S/C16H32N2O/c1-4-7-10-14(9-5-2)18-15(19)16(6-3)11-8-12-17-13-16/h14,17H,4-13H2,1-3H3,(H,18,19). The fourth-order valence-corrected chi connectivity index (χ4v) is 3.05. The van der Waals surface area contributed by atoms with E-state index < -0.39 is 0 Å². The lowest BCUT2D eigenvalue weighted by atomic mass is 9.77. The molecule has 2 unspecified atom stereocenters. The van der Waals surface area contributed by atoms with E-state index in [4.69, 9.17) is 0 Å². The lowest BCUT2D eigenvalue weighted by Gasteiger charge is -2.36. The number of unbranched alkanes of at least 4 members (excludes halogenated alkanes) is 1. The third-order valence-corrected chi connectivity index (χ3v) is 4.51. The molecule has 0 aliphatic carbocycles. The van der Waals surface area contributed by atoms with Crippen molar-refractivity contribution in [1.29, 1.82) is 0 Å². The molecule has 0 saturated carbocycles. The SMILES string of the molecule is CCCCC(CCC)NC(=O)C1(CC)CCCNC1. The Kier molecular flexibility index (Phi) is 7.44. The van der Waals surface area contributed by atoms with Gasteiger partial charge in [0.1, 0.15) is 0 Å². The fourth-order valence-electron chi connectivity index (χ4n) is 3.05. The number of carbonyl (C=O) groups excluding carboxylic acids is 1. The second kappa shape index (κ2) is 8.57. The number of hydrogen-bond acceptors (Lipinski definition) is 2. The van der Waals surface area contributed by atoms with Crippen LogP contribution in [0.15, 0.2) is 0 Å². The Balaban J connectivity index is 2.57. The van der Waals surface area contributed by atoms with Gasteiger partial charge in [-0.15, -0.1) is 0 Å². The first-order valence-corrected chi connectivity index (χ1v) is 8.20. The van der Waals surface area contributed by atoms with Crippen LogP contribution in [0.4, 0.5) is 0 Å². The molecular formula is C16H32N2O. The Morgan fingerprint density at radius 3 is 2.58 bits per heavy atom. The highest BCUT2D eigenvalue weighted by molar-refractivity contribution is 5.83. The molecule has 0 spiro atoms. The first-order valence-electron chi connectivity index (χ1n) is 8.20. The second-order valence-electron chi connectivity index (χ2n) is 6.02. The van der Waals surface area contributed by atoms with Gasteiger partial charge in [0, 0.05) is 12.6 Å². The van der Waals surface area contributed by atoms with Crippen molar-refractivity contribution in [1.82, 2.24) is 10.6 Å². The van der Waals surface area contributed by atoms with Crippen LogP contribution in [0.3, 0.4) is 0 Å². The average Bonchev–Trinajstić information content (AvgIpc) is 2.45. The van der Waals surface area contributed by atoms with Crippen LogP contribution in [0, 0.1) is 5.41 Å². The van der Waals surface area contributed by atoms with Gasteiger partial charge in [0.05, 0.1) is 5.41 Å². The number of hydrogen-bond donors (Lipinski definition) is 2. The van der Waals surface area contributed by atoms with Gasteiger partial charge in [0.2, 0.25) is 5.91 Å². The molecule has 3 heteroatoms. The topological polar surface area (TPSA) is 41.1 Å². The third-order valence-electron chi connectivity index (χ3n) is 4.51. The summed E-state index contributed by atoms with van der Waals surface area (Å²) in [5.41, 5.74) is -0.156. The number of rotatable bonds is 8. The molecule has 1 aliphatic rings. The van der Waals surface area contributed by atoms with E-state index in [9.17, 15) is 4.79 Å². The third kappa shape index (κ3) is 4.79. The largest absolute Gasteiger partial charge is 0.353 e. The maximum atomic E-state index is 12.6. The van der Waals surface area contributed by atoms with E-state index in [1.165, 1.54) is 12.8 Å². The molecule has 0 radical (unpaired) electrons. The van der Waals surface area contributed by atoms with Crippen LogP contribution in [-0.4, -0.2) is 25.0 Å². The van der Waals surface area contributed by atoms with Crippen molar-refractivity contribution in [2.24, 2.45) is 5.41 Å². The van der Waals surface area contributed by atoms with E-state index in [0.717, 1.165) is 51.6 Å². The van der Waals surface area contributed by atoms with Crippen molar-refractivity contribution < 1.29 is 4.79 Å². The highest BCUT2D eigenvalue weighted by atomic mass is 16.2. The molecule has 1 aliphatic heterocycles. The van der Waals surface area contributed by atoms with Gasteiger partial charge in [-0.25, -0.2) is 0 Å². The Morgan fingerprint density at radius 1 is 1.26 bits per heavy atom. The van der Waals surface area contributed by atoms with E-state index in [2.05, 4.69) is 31.4 Å². The summed E-state index contributed by atoms with van der Waals surface area (Å²) >= 11 is 0. The molecule has 1 saturated heterocycles. The molecule has 3 nitrogen and oxygen atoms in total. The highest BCUT2D eigenvalue weighted by Gasteiger charge is 2.38. The van der Waals surface area contributed by atoms with Crippen LogP contribution in [-0.2, 0) is 4.79 Å². The summed E-state index contributed by atoms with van der Waals surface area (Å²) in [6.07, 6.45) is 8.90. The summed E-state index contributed by atoms with van der Waals surface area (Å²) in [6.45, 7) is 8.46. The van der Waals surface area contributed by atoms with Crippen molar-refractivity contribution in [2.75, 3.05) is 13.1 Å². The molecule has 1 rings (SSSR count). The fraction of sp³-hybridized carbons (Fsp3) is 0.938. The van der Waals surface area contributed by atoms with Crippen LogP contribution in [0.5, 0.6) is 0 Å². The molecule has 0 aromatic heterocycles. The number of nitrogens with one attached hydrogen (secondary N) is 2. The Labute approximate surface area is 118 Å². The molecule has 2 atom stereocenters. The zero-order chi connectivity index (χ0) is 14.1. The lowest BCUT2D eigenvalue weighted by molar-refractivity contribution is -0.133. The molecule has 19 heavy (non-hydrogen) atoms. The predicted octanol–water partition coefficient (Wildman–Crippen LogP) is 3.24. The molecular weight excluding hydrogens is 236 g/mol. The maximum Gasteiger partial charge on any atom is 0.227 e. The van der Waals surface area contributed by atoms with Gasteiger partial charge in [-0.1, -0.05) is 40.0 Å². The van der Waals surface area contributed by atoms with Gasteiger partial charge >= 0.3 is 0 Å². The van der Waals surface area contributed by atoms with Crippen LogP contribution in [0.1, 0.15) is 72.1 Å². The van der Waals surface area contributed by atoms with Gasteiger partial charge in [-0.2, -0.15) is 0 Å². The van der Waals surface area contributed by atoms with Gasteiger partial charge in [0.25, 0.3) is 0 Å². The second-order valence-corrected chi connectivity index (χ2v) is 6.02. The van der Waals surface area contributed by atoms with Gasteiger partial charge in [-0.3, -0.25) is 4.79 Å². The summed E-state index contributed by atoms with van der Waals surface area (Å²) in [6, 6.07) is 0.378. The minimum absolute atomic E-state index is 0.156. The van der Waals surface area contributed by atoms with Crippen LogP contribution in [0.25, 0.3) is 0 Å². The summed E-state index contributed by atoms with van der Waals surface area (Å²) in [5, 5.41) is 6.73. The van der Waals surface area contributed by atoms with Gasteiger partial charge in [0.15, 0.2) is 0 Å².